The Labute approximate surface area is 107 Å². The number of pyridine rings is 1. The van der Waals surface area contributed by atoms with Gasteiger partial charge in [-0.2, -0.15) is 0 Å². The van der Waals surface area contributed by atoms with E-state index < -0.39 is 0 Å². The van der Waals surface area contributed by atoms with Gasteiger partial charge in [0.1, 0.15) is 5.82 Å². The van der Waals surface area contributed by atoms with E-state index in [1.54, 1.807) is 0 Å². The molecule has 2 heterocycles. The topological polar surface area (TPSA) is 56.7 Å². The van der Waals surface area contributed by atoms with Crippen LogP contribution in [0.4, 0.5) is 5.82 Å². The Morgan fingerprint density at radius 1 is 1.28 bits per heavy atom. The van der Waals surface area contributed by atoms with E-state index in [0.29, 0.717) is 5.82 Å². The normalized spacial score (nSPS) is 15.6. The number of hydrogen-bond acceptors (Lipinski definition) is 3. The minimum absolute atomic E-state index is 0.555. The largest absolute Gasteiger partial charge is 0.384 e. The molecule has 0 atom stereocenters. The second-order valence-electron chi connectivity index (χ2n) is 5.03. The molecule has 2 aromatic heterocycles. The number of rotatable bonds is 4. The minimum Gasteiger partial charge on any atom is -0.384 e. The summed E-state index contributed by atoms with van der Waals surface area (Å²) >= 11 is 0. The molecule has 3 rings (SSSR count). The quantitative estimate of drug-likeness (QED) is 0.896. The third-order valence-corrected chi connectivity index (χ3v) is 3.80. The fraction of sp³-hybridized carbons (Fsp3) is 0.429. The summed E-state index contributed by atoms with van der Waals surface area (Å²) < 4.78 is 2.21. The van der Waals surface area contributed by atoms with E-state index >= 15 is 0 Å². The number of nitrogen functional groups attached to an aromatic ring is 1. The van der Waals surface area contributed by atoms with Gasteiger partial charge in [-0.1, -0.05) is 19.3 Å². The molecule has 0 bridgehead atoms. The van der Waals surface area contributed by atoms with Gasteiger partial charge in [-0.25, -0.2) is 9.97 Å². The molecule has 4 nitrogen and oxygen atoms in total. The Balaban J connectivity index is 1.75. The van der Waals surface area contributed by atoms with Gasteiger partial charge in [0.15, 0.2) is 0 Å². The molecule has 0 spiro atoms. The predicted octanol–water partition coefficient (Wildman–Crippen LogP) is 2.72. The zero-order valence-electron chi connectivity index (χ0n) is 10.4. The first-order valence-corrected chi connectivity index (χ1v) is 6.55. The van der Waals surface area contributed by atoms with Gasteiger partial charge in [-0.3, -0.25) is 0 Å². The fourth-order valence-electron chi connectivity index (χ4n) is 2.40. The highest BCUT2D eigenvalue weighted by atomic mass is 15.0. The molecule has 0 radical (unpaired) electrons. The molecule has 18 heavy (non-hydrogen) atoms. The zero-order valence-corrected chi connectivity index (χ0v) is 10.4. The number of nitrogens with two attached hydrogens (primary N) is 1. The van der Waals surface area contributed by atoms with Crippen LogP contribution in [0, 0.1) is 5.92 Å². The summed E-state index contributed by atoms with van der Waals surface area (Å²) in [5.41, 5.74) is 7.81. The summed E-state index contributed by atoms with van der Waals surface area (Å²) in [5, 5.41) is 0. The molecule has 1 fully saturated rings. The highest BCUT2D eigenvalue weighted by molar-refractivity contribution is 5.59. The van der Waals surface area contributed by atoms with Gasteiger partial charge in [0.2, 0.25) is 0 Å². The summed E-state index contributed by atoms with van der Waals surface area (Å²) in [6, 6.07) is 3.83. The SMILES string of the molecule is Nc1ccc(-c2cncn2CCC2CCC2)cn1. The standard InChI is InChI=1S/C14H18N4/c15-14-5-4-12(8-17-14)13-9-16-10-18(13)7-6-11-2-1-3-11/h4-5,8-11H,1-3,6-7H2,(H2,15,17). The highest BCUT2D eigenvalue weighted by Crippen LogP contribution is 2.30. The van der Waals surface area contributed by atoms with Crippen LogP contribution in [-0.2, 0) is 6.54 Å². The average molecular weight is 242 g/mol. The van der Waals surface area contributed by atoms with Gasteiger partial charge < -0.3 is 10.3 Å². The molecule has 1 aliphatic rings. The van der Waals surface area contributed by atoms with Crippen LogP contribution in [-0.4, -0.2) is 14.5 Å². The maximum absolute atomic E-state index is 5.61. The molecule has 2 N–H and O–H groups in total. The van der Waals surface area contributed by atoms with Crippen molar-refractivity contribution in [1.82, 2.24) is 14.5 Å². The Morgan fingerprint density at radius 3 is 2.83 bits per heavy atom. The van der Waals surface area contributed by atoms with E-state index in [2.05, 4.69) is 14.5 Å². The number of aryl methyl sites for hydroxylation is 1. The number of imidazole rings is 1. The van der Waals surface area contributed by atoms with Crippen molar-refractivity contribution in [3.8, 4) is 11.3 Å². The van der Waals surface area contributed by atoms with Gasteiger partial charge in [0.05, 0.1) is 18.2 Å². The molecule has 4 heteroatoms. The van der Waals surface area contributed by atoms with Crippen LogP contribution in [0.2, 0.25) is 0 Å². The molecule has 0 aromatic carbocycles. The third-order valence-electron chi connectivity index (χ3n) is 3.80. The van der Waals surface area contributed by atoms with Crippen molar-refractivity contribution in [2.24, 2.45) is 5.92 Å². The summed E-state index contributed by atoms with van der Waals surface area (Å²) in [7, 11) is 0. The van der Waals surface area contributed by atoms with Crippen LogP contribution in [0.5, 0.6) is 0 Å². The van der Waals surface area contributed by atoms with Crippen molar-refractivity contribution >= 4 is 5.82 Å². The number of anilines is 1. The van der Waals surface area contributed by atoms with E-state index in [4.69, 9.17) is 5.73 Å². The van der Waals surface area contributed by atoms with Gasteiger partial charge in [-0.15, -0.1) is 0 Å². The van der Waals surface area contributed by atoms with E-state index in [1.165, 1.54) is 25.7 Å². The number of hydrogen-bond donors (Lipinski definition) is 1. The zero-order chi connectivity index (χ0) is 12.4. The van der Waals surface area contributed by atoms with Crippen LogP contribution >= 0.6 is 0 Å². The lowest BCUT2D eigenvalue weighted by atomic mass is 9.83. The van der Waals surface area contributed by atoms with Crippen LogP contribution in [0.1, 0.15) is 25.7 Å². The fourth-order valence-corrected chi connectivity index (χ4v) is 2.40. The minimum atomic E-state index is 0.555. The Morgan fingerprint density at radius 2 is 2.17 bits per heavy atom. The van der Waals surface area contributed by atoms with Crippen LogP contribution < -0.4 is 5.73 Å². The van der Waals surface area contributed by atoms with Gasteiger partial charge >= 0.3 is 0 Å². The summed E-state index contributed by atoms with van der Waals surface area (Å²) in [6.07, 6.45) is 11.1. The maximum Gasteiger partial charge on any atom is 0.123 e. The van der Waals surface area contributed by atoms with Gasteiger partial charge in [0, 0.05) is 18.3 Å². The van der Waals surface area contributed by atoms with Crippen LogP contribution in [0.3, 0.4) is 0 Å². The summed E-state index contributed by atoms with van der Waals surface area (Å²) in [6.45, 7) is 1.05. The van der Waals surface area contributed by atoms with Crippen molar-refractivity contribution in [3.05, 3.63) is 30.9 Å². The highest BCUT2D eigenvalue weighted by Gasteiger charge is 2.17. The number of aromatic nitrogens is 3. The number of nitrogens with zero attached hydrogens (tertiary/aromatic N) is 3. The lowest BCUT2D eigenvalue weighted by molar-refractivity contribution is 0.282. The van der Waals surface area contributed by atoms with Crippen molar-refractivity contribution in [2.75, 3.05) is 5.73 Å². The first-order chi connectivity index (χ1) is 8.83. The molecule has 94 valence electrons. The van der Waals surface area contributed by atoms with Crippen molar-refractivity contribution in [1.29, 1.82) is 0 Å². The monoisotopic (exact) mass is 242 g/mol. The lowest BCUT2D eigenvalue weighted by Gasteiger charge is -2.25. The molecule has 0 amide bonds. The van der Waals surface area contributed by atoms with Gasteiger partial charge in [0.25, 0.3) is 0 Å². The van der Waals surface area contributed by atoms with Crippen molar-refractivity contribution in [3.63, 3.8) is 0 Å². The van der Waals surface area contributed by atoms with E-state index in [0.717, 1.165) is 23.7 Å². The average Bonchev–Trinajstić information content (AvgIpc) is 2.76. The van der Waals surface area contributed by atoms with E-state index in [-0.39, 0.29) is 0 Å². The van der Waals surface area contributed by atoms with Crippen molar-refractivity contribution < 1.29 is 0 Å². The summed E-state index contributed by atoms with van der Waals surface area (Å²) in [5.74, 6) is 1.48. The molecule has 0 unspecified atom stereocenters. The molecule has 2 aromatic rings. The lowest BCUT2D eigenvalue weighted by Crippen LogP contribution is -2.13. The molecule has 0 aliphatic heterocycles. The van der Waals surface area contributed by atoms with Gasteiger partial charge in [-0.05, 0) is 24.5 Å². The molecular formula is C14H18N4. The van der Waals surface area contributed by atoms with E-state index in [9.17, 15) is 0 Å². The second-order valence-corrected chi connectivity index (χ2v) is 5.03. The maximum atomic E-state index is 5.61. The first kappa shape index (κ1) is 11.3. The van der Waals surface area contributed by atoms with Crippen molar-refractivity contribution in [2.45, 2.75) is 32.2 Å². The molecule has 1 saturated carbocycles. The first-order valence-electron chi connectivity index (χ1n) is 6.55. The Kier molecular flexibility index (Phi) is 3.00. The Bertz CT molecular complexity index is 511. The van der Waals surface area contributed by atoms with E-state index in [1.807, 2.05) is 30.9 Å². The molecule has 0 saturated heterocycles. The van der Waals surface area contributed by atoms with Crippen LogP contribution in [0.25, 0.3) is 11.3 Å². The summed E-state index contributed by atoms with van der Waals surface area (Å²) in [4.78, 5) is 8.38. The molecular weight excluding hydrogens is 224 g/mol. The second kappa shape index (κ2) is 4.80. The van der Waals surface area contributed by atoms with Crippen LogP contribution in [0.15, 0.2) is 30.9 Å². The molecule has 1 aliphatic carbocycles. The smallest absolute Gasteiger partial charge is 0.123 e. The predicted molar refractivity (Wildman–Crippen MR) is 71.8 cm³/mol. The Hall–Kier alpha value is -1.84. The third kappa shape index (κ3) is 2.23.